The molecule has 0 unspecified atom stereocenters. The first kappa shape index (κ1) is 57.4. The molecule has 3 aromatic rings. The van der Waals surface area contributed by atoms with Gasteiger partial charge in [-0.2, -0.15) is 0 Å². The summed E-state index contributed by atoms with van der Waals surface area (Å²) in [5.41, 5.74) is 2.85. The molecule has 1 heterocycles. The summed E-state index contributed by atoms with van der Waals surface area (Å²) in [4.78, 5) is 0.885. The fourth-order valence-electron chi connectivity index (χ4n) is 4.08. The number of halogens is 1. The van der Waals surface area contributed by atoms with Gasteiger partial charge in [-0.1, -0.05) is 73.6 Å². The van der Waals surface area contributed by atoms with E-state index in [1.165, 1.54) is 55.2 Å². The van der Waals surface area contributed by atoms with Gasteiger partial charge in [0.1, 0.15) is 0 Å². The number of nitrogens with zero attached hydrogens (tertiary/aromatic N) is 4. The van der Waals surface area contributed by atoms with Crippen LogP contribution in [0.1, 0.15) is 66.7 Å². The topological polar surface area (TPSA) is 143 Å². The molecule has 0 amide bonds. The molecule has 311 valence electrons. The summed E-state index contributed by atoms with van der Waals surface area (Å²) in [5.74, 6) is 0. The molecule has 1 fully saturated rings. The Morgan fingerprint density at radius 3 is 1.27 bits per heavy atom. The van der Waals surface area contributed by atoms with Crippen LogP contribution in [0.4, 0.5) is 0 Å². The second-order valence-electron chi connectivity index (χ2n) is 13.3. The summed E-state index contributed by atoms with van der Waals surface area (Å²) in [6, 6.07) is 16.9. The van der Waals surface area contributed by atoms with Crippen molar-refractivity contribution in [2.24, 2.45) is 4.30 Å². The average Bonchev–Trinajstić information content (AvgIpc) is 3.25. The Hall–Kier alpha value is -1.93. The molecule has 0 N–H and O–H groups in total. The maximum absolute atomic E-state index is 12.3. The molecule has 0 aliphatic carbocycles. The predicted octanol–water partition coefficient (Wildman–Crippen LogP) is 6.89. The normalized spacial score (nSPS) is 14.4. The standard InChI is InChI=1S/C15H24BNO4S.C9H12BrNO2S.C9H13NO2S.3CH4.BHNS/c1-11-8-9-12(22(18,19)17(6)7)10-13(11)16-20-14(2,3)15(4,5)21-16;1-7-4-5-8(6-9(7)10)14(12,13)11(2)3;1-8-4-6-9(7-5-8)13(11,12)10(2)3;;;;1-2-3/h8-10H,1-7H3;4-6H,1-3H3;4-7H,1-3H3;3*1H4;3H. The van der Waals surface area contributed by atoms with Crippen molar-refractivity contribution < 1.29 is 34.6 Å². The summed E-state index contributed by atoms with van der Waals surface area (Å²) in [6.45, 7) is 13.7. The summed E-state index contributed by atoms with van der Waals surface area (Å²) < 4.78 is 90.3. The zero-order chi connectivity index (χ0) is 40.6. The van der Waals surface area contributed by atoms with Gasteiger partial charge in [0, 0.05) is 46.8 Å². The first-order valence-electron chi connectivity index (χ1n) is 15.7. The Labute approximate surface area is 349 Å². The molecule has 0 spiro atoms. The molecule has 55 heavy (non-hydrogen) atoms. The van der Waals surface area contributed by atoms with Crippen LogP contribution in [0.3, 0.4) is 0 Å². The van der Waals surface area contributed by atoms with Crippen LogP contribution in [0.5, 0.6) is 0 Å². The van der Waals surface area contributed by atoms with Crippen LogP contribution in [-0.2, 0) is 39.4 Å². The van der Waals surface area contributed by atoms with Crippen molar-refractivity contribution in [1.82, 2.24) is 12.9 Å². The van der Waals surface area contributed by atoms with Crippen LogP contribution in [0.25, 0.3) is 0 Å². The van der Waals surface area contributed by atoms with E-state index in [2.05, 4.69) is 40.7 Å². The Morgan fingerprint density at radius 1 is 0.618 bits per heavy atom. The van der Waals surface area contributed by atoms with E-state index in [1.54, 1.807) is 60.7 Å². The predicted molar refractivity (Wildman–Crippen MR) is 237 cm³/mol. The zero-order valence-electron chi connectivity index (χ0n) is 32.0. The SMILES string of the molecule is C.C.C.Cc1ccc(S(=O)(=O)N(C)C)cc1.Cc1ccc(S(=O)(=O)N(C)C)cc1B1OC(C)(C)C(C)(C)O1.Cc1ccc(S(=O)(=O)N(C)C)cc1Br.[B]=NS. The molecular formula is C36H62B2BrN4O8S4. The van der Waals surface area contributed by atoms with E-state index in [0.717, 1.165) is 26.6 Å². The van der Waals surface area contributed by atoms with E-state index in [-0.39, 0.29) is 27.2 Å². The number of aryl methyl sites for hydroxylation is 3. The summed E-state index contributed by atoms with van der Waals surface area (Å²) in [6.07, 6.45) is 0. The second kappa shape index (κ2) is 22.9. The number of sulfonamides is 3. The molecule has 1 aliphatic heterocycles. The fourth-order valence-corrected chi connectivity index (χ4v) is 7.38. The third-order valence-electron chi connectivity index (χ3n) is 8.26. The minimum atomic E-state index is -3.48. The second-order valence-corrected chi connectivity index (χ2v) is 20.8. The van der Waals surface area contributed by atoms with Gasteiger partial charge in [0.2, 0.25) is 30.1 Å². The molecule has 0 bridgehead atoms. The first-order chi connectivity index (χ1) is 23.6. The van der Waals surface area contributed by atoms with Gasteiger partial charge in [-0.15, -0.1) is 0 Å². The van der Waals surface area contributed by atoms with Crippen molar-refractivity contribution in [1.29, 1.82) is 0 Å². The molecule has 3 aromatic carbocycles. The van der Waals surface area contributed by atoms with Crippen LogP contribution in [-0.4, -0.2) is 106 Å². The number of hydrogen-bond acceptors (Lipinski definition) is 10. The van der Waals surface area contributed by atoms with E-state index in [4.69, 9.17) is 9.31 Å². The van der Waals surface area contributed by atoms with Gasteiger partial charge >= 0.3 is 31.9 Å². The Balaban J connectivity index is -0.000000721. The molecule has 1 radical (unpaired) electrons. The van der Waals surface area contributed by atoms with Crippen LogP contribution in [0.2, 0.25) is 0 Å². The Kier molecular flexibility index (Phi) is 23.9. The van der Waals surface area contributed by atoms with Gasteiger partial charge in [0.25, 0.3) is 0 Å². The third-order valence-corrected chi connectivity index (χ3v) is 14.6. The first-order valence-corrected chi connectivity index (χ1v) is 21.2. The van der Waals surface area contributed by atoms with Crippen molar-refractivity contribution >= 4 is 79.0 Å². The van der Waals surface area contributed by atoms with E-state index < -0.39 is 48.4 Å². The van der Waals surface area contributed by atoms with Gasteiger partial charge in [0.15, 0.2) is 0 Å². The summed E-state index contributed by atoms with van der Waals surface area (Å²) in [7, 11) is 2.83. The van der Waals surface area contributed by atoms with E-state index >= 15 is 0 Å². The van der Waals surface area contributed by atoms with E-state index in [1.807, 2.05) is 48.5 Å². The minimum absolute atomic E-state index is 0. The Morgan fingerprint density at radius 2 is 0.927 bits per heavy atom. The monoisotopic (exact) mass is 907 g/mol. The quantitative estimate of drug-likeness (QED) is 0.200. The number of thiol groups is 1. The molecular weight excluding hydrogens is 846 g/mol. The Bertz CT molecular complexity index is 2000. The van der Waals surface area contributed by atoms with E-state index in [9.17, 15) is 25.3 Å². The molecule has 12 nitrogen and oxygen atoms in total. The van der Waals surface area contributed by atoms with Gasteiger partial charge in [-0.3, -0.25) is 0 Å². The third kappa shape index (κ3) is 15.1. The summed E-state index contributed by atoms with van der Waals surface area (Å²) in [5, 5.41) is 0. The van der Waals surface area contributed by atoms with Gasteiger partial charge in [0.05, 0.1) is 25.9 Å². The average molecular weight is 909 g/mol. The van der Waals surface area contributed by atoms with Crippen molar-refractivity contribution in [3.8, 4) is 0 Å². The van der Waals surface area contributed by atoms with Crippen LogP contribution >= 0.6 is 28.7 Å². The molecule has 1 aliphatic rings. The van der Waals surface area contributed by atoms with Gasteiger partial charge in [-0.05, 0) is 95.9 Å². The molecule has 19 heteroatoms. The molecule has 0 aromatic heterocycles. The van der Waals surface area contributed by atoms with Gasteiger partial charge in [-0.25, -0.2) is 38.2 Å². The fraction of sp³-hybridized carbons (Fsp3) is 0.500. The summed E-state index contributed by atoms with van der Waals surface area (Å²) >= 11 is 6.50. The number of hydrogen-bond donors (Lipinski definition) is 1. The van der Waals surface area contributed by atoms with Gasteiger partial charge < -0.3 is 9.31 Å². The van der Waals surface area contributed by atoms with Crippen molar-refractivity contribution in [2.75, 3.05) is 42.3 Å². The zero-order valence-corrected chi connectivity index (χ0v) is 37.0. The maximum atomic E-state index is 12.3. The van der Waals surface area contributed by atoms with Crippen LogP contribution in [0.15, 0.2) is 84.1 Å². The van der Waals surface area contributed by atoms with Crippen molar-refractivity contribution in [3.63, 3.8) is 0 Å². The van der Waals surface area contributed by atoms with Crippen molar-refractivity contribution in [3.05, 3.63) is 81.8 Å². The van der Waals surface area contributed by atoms with E-state index in [0.29, 0.717) is 9.79 Å². The van der Waals surface area contributed by atoms with Crippen molar-refractivity contribution in [2.45, 2.75) is 96.6 Å². The molecule has 0 saturated carbocycles. The molecule has 4 rings (SSSR count). The van der Waals surface area contributed by atoms with Crippen LogP contribution < -0.4 is 5.46 Å². The molecule has 0 atom stereocenters. The number of benzene rings is 3. The van der Waals surface area contributed by atoms with Crippen LogP contribution in [0, 0.1) is 20.8 Å². The number of rotatable bonds is 7. The molecule has 1 saturated heterocycles.